The molecule has 7 heteroatoms. The van der Waals surface area contributed by atoms with E-state index in [-0.39, 0.29) is 17.9 Å². The normalized spacial score (nSPS) is 23.9. The Morgan fingerprint density at radius 2 is 1.86 bits per heavy atom. The number of hydrogen-bond acceptors (Lipinski definition) is 5. The van der Waals surface area contributed by atoms with E-state index in [1.807, 2.05) is 54.0 Å². The zero-order valence-corrected chi connectivity index (χ0v) is 16.1. The number of aromatic nitrogens is 3. The molecule has 2 aliphatic rings. The van der Waals surface area contributed by atoms with Gasteiger partial charge in [-0.25, -0.2) is 4.68 Å². The van der Waals surface area contributed by atoms with Gasteiger partial charge in [0.05, 0.1) is 12.6 Å². The van der Waals surface area contributed by atoms with Crippen molar-refractivity contribution in [3.63, 3.8) is 0 Å². The summed E-state index contributed by atoms with van der Waals surface area (Å²) in [7, 11) is 0. The van der Waals surface area contributed by atoms with Crippen molar-refractivity contribution in [2.24, 2.45) is 0 Å². The van der Waals surface area contributed by atoms with Gasteiger partial charge in [0.1, 0.15) is 6.10 Å². The maximum absolute atomic E-state index is 12.3. The van der Waals surface area contributed by atoms with Crippen LogP contribution < -0.4 is 0 Å². The lowest BCUT2D eigenvalue weighted by molar-refractivity contribution is -0.156. The average Bonchev–Trinajstić information content (AvgIpc) is 3.29. The first-order chi connectivity index (χ1) is 13.6. The first-order valence-corrected chi connectivity index (χ1v) is 9.66. The zero-order chi connectivity index (χ0) is 19.3. The van der Waals surface area contributed by atoms with Gasteiger partial charge < -0.3 is 9.47 Å². The van der Waals surface area contributed by atoms with E-state index in [1.165, 1.54) is 5.56 Å². The molecule has 1 aromatic heterocycles. The van der Waals surface area contributed by atoms with Gasteiger partial charge in [-0.2, -0.15) is 5.10 Å². The summed E-state index contributed by atoms with van der Waals surface area (Å²) in [6, 6.07) is 17.8. The van der Waals surface area contributed by atoms with Crippen LogP contribution in [0, 0.1) is 11.7 Å². The molecular formula is C21H19N3O3S. The highest BCUT2D eigenvalue weighted by Gasteiger charge is 2.45. The van der Waals surface area contributed by atoms with Gasteiger partial charge in [0.2, 0.25) is 11.1 Å². The summed E-state index contributed by atoms with van der Waals surface area (Å²) in [6.07, 6.45) is -0.648. The molecule has 0 N–H and O–H groups in total. The van der Waals surface area contributed by atoms with Crippen molar-refractivity contribution in [3.05, 3.63) is 64.9 Å². The maximum Gasteiger partial charge on any atom is 0.218 e. The van der Waals surface area contributed by atoms with E-state index in [2.05, 4.69) is 12.1 Å². The number of ketones is 1. The number of fused-ring (bicyclic) bond motifs is 2. The van der Waals surface area contributed by atoms with Crippen molar-refractivity contribution in [2.75, 3.05) is 6.61 Å². The average molecular weight is 393 g/mol. The van der Waals surface area contributed by atoms with Crippen LogP contribution in [-0.2, 0) is 14.3 Å². The van der Waals surface area contributed by atoms with Crippen LogP contribution in [0.2, 0.25) is 0 Å². The van der Waals surface area contributed by atoms with Crippen molar-refractivity contribution in [2.45, 2.75) is 31.8 Å². The first-order valence-electron chi connectivity index (χ1n) is 9.25. The summed E-state index contributed by atoms with van der Waals surface area (Å²) in [5.74, 6) is 0.677. The van der Waals surface area contributed by atoms with Crippen LogP contribution in [0.1, 0.15) is 18.0 Å². The lowest BCUT2D eigenvalue weighted by Crippen LogP contribution is -2.37. The third-order valence-corrected chi connectivity index (χ3v) is 5.62. The van der Waals surface area contributed by atoms with Crippen molar-refractivity contribution in [3.8, 4) is 17.1 Å². The Morgan fingerprint density at radius 3 is 2.61 bits per heavy atom. The molecule has 0 spiro atoms. The molecule has 0 unspecified atom stereocenters. The number of nitrogens with zero attached hydrogens (tertiary/aromatic N) is 3. The number of hydrogen-bond donors (Lipinski definition) is 0. The lowest BCUT2D eigenvalue weighted by atomic mass is 10.0. The summed E-state index contributed by atoms with van der Waals surface area (Å²) >= 11 is 5.81. The summed E-state index contributed by atoms with van der Waals surface area (Å²) in [6.45, 7) is 2.43. The largest absolute Gasteiger partial charge is 0.343 e. The van der Waals surface area contributed by atoms with Crippen LogP contribution >= 0.6 is 12.2 Å². The molecule has 0 saturated carbocycles. The quantitative estimate of drug-likeness (QED) is 0.636. The lowest BCUT2D eigenvalue weighted by Gasteiger charge is -2.26. The number of rotatable bonds is 3. The highest BCUT2D eigenvalue weighted by molar-refractivity contribution is 7.71. The summed E-state index contributed by atoms with van der Waals surface area (Å²) < 4.78 is 15.4. The van der Waals surface area contributed by atoms with Crippen LogP contribution in [0.15, 0.2) is 54.6 Å². The van der Waals surface area contributed by atoms with Crippen molar-refractivity contribution in [1.82, 2.24) is 14.3 Å². The SMILES string of the molecule is Cc1ccc(-c2nn([C@@H]3CC(=O)[C@@H]4OC[C@H]3O4)c(=S)n2-c2ccccc2)cc1. The van der Waals surface area contributed by atoms with Gasteiger partial charge in [0.15, 0.2) is 11.6 Å². The minimum Gasteiger partial charge on any atom is -0.343 e. The smallest absolute Gasteiger partial charge is 0.218 e. The van der Waals surface area contributed by atoms with Crippen LogP contribution in [0.4, 0.5) is 0 Å². The predicted molar refractivity (Wildman–Crippen MR) is 106 cm³/mol. The number of benzene rings is 2. The van der Waals surface area contributed by atoms with Crippen molar-refractivity contribution in [1.29, 1.82) is 0 Å². The molecule has 142 valence electrons. The van der Waals surface area contributed by atoms with E-state index < -0.39 is 6.29 Å². The number of carbonyl (C=O) groups excluding carboxylic acids is 1. The summed E-state index contributed by atoms with van der Waals surface area (Å²) in [5, 5.41) is 4.85. The minimum absolute atomic E-state index is 0.0632. The third kappa shape index (κ3) is 2.83. The van der Waals surface area contributed by atoms with Gasteiger partial charge in [-0.3, -0.25) is 9.36 Å². The first kappa shape index (κ1) is 17.5. The summed E-state index contributed by atoms with van der Waals surface area (Å²) in [5.41, 5.74) is 3.06. The Hall–Kier alpha value is -2.61. The number of ether oxygens (including phenoxy) is 2. The van der Waals surface area contributed by atoms with Crippen molar-refractivity contribution >= 4 is 18.0 Å². The Labute approximate surface area is 167 Å². The maximum atomic E-state index is 12.3. The van der Waals surface area contributed by atoms with Crippen LogP contribution in [0.3, 0.4) is 0 Å². The molecule has 2 fully saturated rings. The van der Waals surface area contributed by atoms with Gasteiger partial charge in [-0.1, -0.05) is 48.0 Å². The third-order valence-electron chi connectivity index (χ3n) is 5.25. The number of Topliss-reactive ketones (excluding diaryl/α,β-unsaturated/α-hetero) is 1. The Bertz CT molecular complexity index is 1090. The van der Waals surface area contributed by atoms with E-state index in [1.54, 1.807) is 4.68 Å². The van der Waals surface area contributed by atoms with Crippen molar-refractivity contribution < 1.29 is 14.3 Å². The Morgan fingerprint density at radius 1 is 1.11 bits per heavy atom. The Kier molecular flexibility index (Phi) is 4.23. The topological polar surface area (TPSA) is 58.3 Å². The van der Waals surface area contributed by atoms with Crippen LogP contribution in [-0.4, -0.2) is 39.1 Å². The van der Waals surface area contributed by atoms with E-state index in [0.717, 1.165) is 17.1 Å². The van der Waals surface area contributed by atoms with Gasteiger partial charge in [-0.05, 0) is 31.3 Å². The molecule has 0 radical (unpaired) electrons. The zero-order valence-electron chi connectivity index (χ0n) is 15.3. The minimum atomic E-state index is -0.733. The van der Waals surface area contributed by atoms with Crippen LogP contribution in [0.25, 0.3) is 17.1 Å². The van der Waals surface area contributed by atoms with Gasteiger partial charge in [0, 0.05) is 17.7 Å². The molecule has 2 saturated heterocycles. The van der Waals surface area contributed by atoms with Gasteiger partial charge in [-0.15, -0.1) is 0 Å². The predicted octanol–water partition coefficient (Wildman–Crippen LogP) is 3.63. The second kappa shape index (κ2) is 6.77. The molecule has 2 aliphatic heterocycles. The number of para-hydroxylation sites is 1. The second-order valence-electron chi connectivity index (χ2n) is 7.17. The fourth-order valence-corrected chi connectivity index (χ4v) is 4.13. The van der Waals surface area contributed by atoms with Crippen LogP contribution in [0.5, 0.6) is 0 Å². The number of carbonyl (C=O) groups is 1. The fourth-order valence-electron chi connectivity index (χ4n) is 3.77. The standard InChI is InChI=1S/C21H19N3O3S/c1-13-7-9-14(10-8-13)19-22-24(16-11-17(25)20-26-12-18(16)27-20)21(28)23(19)15-5-3-2-4-6-15/h2-10,16,18,20H,11-12H2,1H3/t16-,18-,20-/m1/s1. The van der Waals surface area contributed by atoms with Gasteiger partial charge in [0.25, 0.3) is 0 Å². The Balaban J connectivity index is 1.68. The fraction of sp³-hybridized carbons (Fsp3) is 0.286. The number of aryl methyl sites for hydroxylation is 1. The molecule has 3 aromatic rings. The molecule has 3 heterocycles. The second-order valence-corrected chi connectivity index (χ2v) is 7.53. The van der Waals surface area contributed by atoms with E-state index in [4.69, 9.17) is 26.8 Å². The molecule has 28 heavy (non-hydrogen) atoms. The molecule has 3 atom stereocenters. The highest BCUT2D eigenvalue weighted by atomic mass is 32.1. The molecular weight excluding hydrogens is 374 g/mol. The molecule has 0 amide bonds. The monoisotopic (exact) mass is 393 g/mol. The highest BCUT2D eigenvalue weighted by Crippen LogP contribution is 2.34. The molecule has 0 aliphatic carbocycles. The van der Waals surface area contributed by atoms with Gasteiger partial charge >= 0.3 is 0 Å². The van der Waals surface area contributed by atoms with E-state index >= 15 is 0 Å². The van der Waals surface area contributed by atoms with E-state index in [9.17, 15) is 4.79 Å². The molecule has 2 bridgehead atoms. The molecule has 6 nitrogen and oxygen atoms in total. The van der Waals surface area contributed by atoms with E-state index in [0.29, 0.717) is 17.8 Å². The summed E-state index contributed by atoms with van der Waals surface area (Å²) in [4.78, 5) is 12.3. The molecule has 2 aromatic carbocycles. The molecule has 5 rings (SSSR count).